The van der Waals surface area contributed by atoms with Crippen molar-refractivity contribution in [3.63, 3.8) is 0 Å². The van der Waals surface area contributed by atoms with Crippen LogP contribution in [0, 0.1) is 0 Å². The first kappa shape index (κ1) is 52.3. The number of nitrogens with one attached hydrogen (secondary N) is 1. The van der Waals surface area contributed by atoms with E-state index in [0.717, 1.165) is 77.8 Å². The zero-order valence-electron chi connectivity index (χ0n) is 38.4. The first-order valence-corrected chi connectivity index (χ1v) is 21.2. The Morgan fingerprint density at radius 3 is 1.43 bits per heavy atom. The molecule has 370 valence electrons. The Labute approximate surface area is 389 Å². The maximum atomic E-state index is 13.3. The van der Waals surface area contributed by atoms with Crippen LogP contribution >= 0.6 is 0 Å². The summed E-state index contributed by atoms with van der Waals surface area (Å²) < 4.78 is 73.2. The molecule has 0 spiro atoms. The van der Waals surface area contributed by atoms with Crippen molar-refractivity contribution in [3.8, 4) is 11.1 Å². The van der Waals surface area contributed by atoms with Gasteiger partial charge in [0.15, 0.2) is 49.1 Å². The van der Waals surface area contributed by atoms with Gasteiger partial charge in [-0.25, -0.2) is 9.59 Å². The van der Waals surface area contributed by atoms with E-state index in [4.69, 9.17) is 61.6 Å². The van der Waals surface area contributed by atoms with Gasteiger partial charge in [0.2, 0.25) is 0 Å². The number of alkyl carbamates (subject to hydrolysis) is 1. The van der Waals surface area contributed by atoms with Crippen molar-refractivity contribution in [3.05, 3.63) is 59.7 Å². The molecule has 2 aliphatic heterocycles. The van der Waals surface area contributed by atoms with Crippen molar-refractivity contribution >= 4 is 53.8 Å². The second-order valence-corrected chi connectivity index (χ2v) is 15.5. The average Bonchev–Trinajstić information content (AvgIpc) is 3.58. The maximum absolute atomic E-state index is 13.3. The van der Waals surface area contributed by atoms with E-state index in [1.165, 1.54) is 0 Å². The molecule has 0 unspecified atom stereocenters. The summed E-state index contributed by atoms with van der Waals surface area (Å²) in [6.07, 6.45) is -18.3. The molecule has 2 aromatic carbocycles. The molecule has 2 saturated heterocycles. The maximum Gasteiger partial charge on any atom is 0.407 e. The highest BCUT2D eigenvalue weighted by Crippen LogP contribution is 2.44. The Morgan fingerprint density at radius 1 is 0.515 bits per heavy atom. The van der Waals surface area contributed by atoms with E-state index >= 15 is 0 Å². The number of carbonyl (C=O) groups excluding carboxylic acids is 9. The molecule has 3 aliphatic rings. The third-order valence-corrected chi connectivity index (χ3v) is 10.4. The van der Waals surface area contributed by atoms with Crippen LogP contribution in [0.5, 0.6) is 0 Å². The number of ether oxygens (including phenoxy) is 13. The van der Waals surface area contributed by atoms with Gasteiger partial charge >= 0.3 is 53.8 Å². The Hall–Kier alpha value is -6.69. The number of carbonyl (C=O) groups is 9. The fraction of sp³-hybridized carbons (Fsp3) is 0.533. The molecule has 23 heteroatoms. The van der Waals surface area contributed by atoms with Gasteiger partial charge in [-0.1, -0.05) is 48.5 Å². The van der Waals surface area contributed by atoms with Crippen molar-refractivity contribution in [1.82, 2.24) is 5.32 Å². The van der Waals surface area contributed by atoms with E-state index < -0.39 is 141 Å². The van der Waals surface area contributed by atoms with Crippen LogP contribution in [0.15, 0.2) is 48.5 Å². The van der Waals surface area contributed by atoms with Crippen molar-refractivity contribution < 1.29 is 105 Å². The highest BCUT2D eigenvalue weighted by molar-refractivity contribution is 5.82. The van der Waals surface area contributed by atoms with Crippen LogP contribution in [-0.4, -0.2) is 155 Å². The van der Waals surface area contributed by atoms with Gasteiger partial charge in [-0.2, -0.15) is 0 Å². The molecule has 1 amide bonds. The van der Waals surface area contributed by atoms with Crippen LogP contribution in [0.4, 0.5) is 4.79 Å². The molecule has 2 fully saturated rings. The zero-order chi connectivity index (χ0) is 49.8. The molecule has 5 rings (SSSR count). The van der Waals surface area contributed by atoms with Crippen molar-refractivity contribution in [2.75, 3.05) is 33.5 Å². The van der Waals surface area contributed by atoms with Crippen LogP contribution in [0.3, 0.4) is 0 Å². The van der Waals surface area contributed by atoms with E-state index in [9.17, 15) is 43.2 Å². The van der Waals surface area contributed by atoms with Crippen molar-refractivity contribution in [2.45, 2.75) is 122 Å². The highest BCUT2D eigenvalue weighted by Gasteiger charge is 2.58. The van der Waals surface area contributed by atoms with E-state index in [2.05, 4.69) is 5.32 Å². The first-order chi connectivity index (χ1) is 32.3. The number of methoxy groups -OCH3 is 1. The summed E-state index contributed by atoms with van der Waals surface area (Å²) in [5.74, 6) is -7.75. The number of rotatable bonds is 18. The summed E-state index contributed by atoms with van der Waals surface area (Å²) >= 11 is 0. The molecule has 0 radical (unpaired) electrons. The summed E-state index contributed by atoms with van der Waals surface area (Å²) in [4.78, 5) is 113. The smallest absolute Gasteiger partial charge is 0.407 e. The third-order valence-electron chi connectivity index (χ3n) is 10.4. The van der Waals surface area contributed by atoms with E-state index in [-0.39, 0.29) is 12.5 Å². The van der Waals surface area contributed by atoms with Gasteiger partial charge in [0.25, 0.3) is 0 Å². The fourth-order valence-corrected chi connectivity index (χ4v) is 7.89. The van der Waals surface area contributed by atoms with Crippen LogP contribution < -0.4 is 5.32 Å². The standard InChI is InChI=1S/C45H53NO22/c1-21(47)57-19-34-36(61-23(3)49)38(62-24(4)50)41(65-27(7)53)44(67-34)68-37-35(20-58-22(2)48)66-43(40(64-26(6)52)39(37)63-25(5)51)59-18-33(42(54)56-8)46-45(55)60-17-32-30-15-11-9-13-28(30)29-14-10-12-16-31(29)32/h9-16,32-41,43-44H,17-20H2,1-8H3,(H,46,55)/t33-,34+,35+,36-,37+,38-,39-,40+,41+,43+,44-/m0/s1. The van der Waals surface area contributed by atoms with Gasteiger partial charge < -0.3 is 66.9 Å². The van der Waals surface area contributed by atoms with Gasteiger partial charge in [-0.15, -0.1) is 0 Å². The Kier molecular flexibility index (Phi) is 18.3. The van der Waals surface area contributed by atoms with Crippen LogP contribution in [0.25, 0.3) is 11.1 Å². The second-order valence-electron chi connectivity index (χ2n) is 15.5. The summed E-state index contributed by atoms with van der Waals surface area (Å²) in [5, 5.41) is 2.41. The summed E-state index contributed by atoms with van der Waals surface area (Å²) in [7, 11) is 1.05. The highest BCUT2D eigenvalue weighted by atomic mass is 16.8. The number of hydrogen-bond acceptors (Lipinski definition) is 22. The molecule has 2 heterocycles. The predicted molar refractivity (Wildman–Crippen MR) is 223 cm³/mol. The number of fused-ring (bicyclic) bond motifs is 3. The Bertz CT molecular complexity index is 2150. The predicted octanol–water partition coefficient (Wildman–Crippen LogP) is 1.70. The largest absolute Gasteiger partial charge is 0.467 e. The number of benzene rings is 2. The normalized spacial score (nSPS) is 25.4. The van der Waals surface area contributed by atoms with Crippen molar-refractivity contribution in [1.29, 1.82) is 0 Å². The number of hydrogen-bond donors (Lipinski definition) is 1. The third kappa shape index (κ3) is 13.7. The zero-order valence-corrected chi connectivity index (χ0v) is 38.4. The minimum Gasteiger partial charge on any atom is -0.467 e. The molecule has 2 aromatic rings. The Balaban J connectivity index is 1.45. The molecule has 1 aliphatic carbocycles. The van der Waals surface area contributed by atoms with Crippen molar-refractivity contribution in [2.24, 2.45) is 0 Å². The molecule has 1 N–H and O–H groups in total. The molecule has 0 saturated carbocycles. The molecular weight excluding hydrogens is 906 g/mol. The van der Waals surface area contributed by atoms with Crippen LogP contribution in [0.1, 0.15) is 65.5 Å². The summed E-state index contributed by atoms with van der Waals surface area (Å²) in [6.45, 7) is 4.95. The lowest BCUT2D eigenvalue weighted by Crippen LogP contribution is -2.67. The molecule has 68 heavy (non-hydrogen) atoms. The lowest BCUT2D eigenvalue weighted by molar-refractivity contribution is -0.361. The molecule has 23 nitrogen and oxygen atoms in total. The first-order valence-electron chi connectivity index (χ1n) is 21.2. The lowest BCUT2D eigenvalue weighted by atomic mass is 9.96. The topological polar surface area (TPSA) is 286 Å². The quantitative estimate of drug-likeness (QED) is 0.164. The van der Waals surface area contributed by atoms with Gasteiger partial charge in [0, 0.05) is 54.4 Å². The number of esters is 8. The monoisotopic (exact) mass is 959 g/mol. The summed E-state index contributed by atoms with van der Waals surface area (Å²) in [6, 6.07) is 13.7. The molecule has 0 aromatic heterocycles. The minimum absolute atomic E-state index is 0.113. The number of amides is 1. The van der Waals surface area contributed by atoms with Gasteiger partial charge in [0.05, 0.1) is 13.7 Å². The average molecular weight is 960 g/mol. The van der Waals surface area contributed by atoms with Gasteiger partial charge in [-0.05, 0) is 22.3 Å². The van der Waals surface area contributed by atoms with E-state index in [1.54, 1.807) is 0 Å². The minimum atomic E-state index is -1.91. The lowest BCUT2D eigenvalue weighted by Gasteiger charge is -2.48. The van der Waals surface area contributed by atoms with E-state index in [1.807, 2.05) is 48.5 Å². The van der Waals surface area contributed by atoms with Crippen LogP contribution in [-0.2, 0) is 99.9 Å². The summed E-state index contributed by atoms with van der Waals surface area (Å²) in [5.41, 5.74) is 3.83. The molecular formula is C45H53NO22. The van der Waals surface area contributed by atoms with Crippen LogP contribution in [0.2, 0.25) is 0 Å². The molecule has 11 atom stereocenters. The molecule has 0 bridgehead atoms. The second kappa shape index (κ2) is 23.9. The van der Waals surface area contributed by atoms with Gasteiger partial charge in [-0.3, -0.25) is 33.6 Å². The SMILES string of the molecule is COC(=O)[C@H](CO[C@@H]1O[C@H](COC(C)=O)[C@@H](O[C@@H]2O[C@H](COC(C)=O)[C@H](OC(C)=O)[C@H](OC(C)=O)[C@H]2OC(C)=O)[C@H](OC(C)=O)[C@H]1OC(C)=O)NC(=O)OCC1c2ccccc2-c2ccccc21. The van der Waals surface area contributed by atoms with E-state index in [0.29, 0.717) is 0 Å². The fourth-order valence-electron chi connectivity index (χ4n) is 7.89. The Morgan fingerprint density at radius 2 is 0.941 bits per heavy atom. The van der Waals surface area contributed by atoms with Gasteiger partial charge in [0.1, 0.15) is 38.1 Å².